The minimum Gasteiger partial charge on any atom is -0.308 e. The van der Waals surface area contributed by atoms with E-state index in [2.05, 4.69) is 17.3 Å². The molecule has 0 aromatic carbocycles. The van der Waals surface area contributed by atoms with Crippen LogP contribution in [-0.4, -0.2) is 57.0 Å². The van der Waals surface area contributed by atoms with Gasteiger partial charge in [0.25, 0.3) is 0 Å². The topological polar surface area (TPSA) is 49.4 Å². The minimum absolute atomic E-state index is 0.224. The van der Waals surface area contributed by atoms with Crippen molar-refractivity contribution in [3.05, 3.63) is 0 Å². The Morgan fingerprint density at radius 2 is 2.00 bits per heavy atom. The van der Waals surface area contributed by atoms with Crippen molar-refractivity contribution in [1.82, 2.24) is 10.2 Å². The van der Waals surface area contributed by atoms with Crippen LogP contribution < -0.4 is 5.32 Å². The van der Waals surface area contributed by atoms with Crippen molar-refractivity contribution >= 4 is 9.84 Å². The average Bonchev–Trinajstić information content (AvgIpc) is 2.31. The number of rotatable bonds is 2. The lowest BCUT2D eigenvalue weighted by molar-refractivity contribution is 0.385. The van der Waals surface area contributed by atoms with Crippen molar-refractivity contribution in [3.63, 3.8) is 0 Å². The number of nitrogens with zero attached hydrogens (tertiary/aromatic N) is 1. The first-order valence-electron chi connectivity index (χ1n) is 4.70. The highest BCUT2D eigenvalue weighted by atomic mass is 32.2. The van der Waals surface area contributed by atoms with Gasteiger partial charge in [0.15, 0.2) is 9.84 Å². The van der Waals surface area contributed by atoms with Crippen LogP contribution in [0.1, 0.15) is 6.42 Å². The fraction of sp³-hybridized carbons (Fsp3) is 1.00. The first-order chi connectivity index (χ1) is 6.05. The van der Waals surface area contributed by atoms with Crippen LogP contribution in [0.5, 0.6) is 0 Å². The highest BCUT2D eigenvalue weighted by Crippen LogP contribution is 2.14. The Hall–Kier alpha value is -0.130. The maximum atomic E-state index is 10.9. The largest absolute Gasteiger partial charge is 0.308 e. The molecule has 0 spiro atoms. The number of likely N-dealkylation sites (N-methyl/N-ethyl adjacent to an activating group) is 1. The van der Waals surface area contributed by atoms with Gasteiger partial charge >= 0.3 is 0 Å². The van der Waals surface area contributed by atoms with E-state index in [0.717, 1.165) is 19.5 Å². The molecule has 76 valence electrons. The molecule has 1 unspecified atom stereocenters. The van der Waals surface area contributed by atoms with Crippen molar-refractivity contribution in [2.75, 3.05) is 31.6 Å². The zero-order valence-electron chi connectivity index (χ0n) is 7.86. The van der Waals surface area contributed by atoms with E-state index in [-0.39, 0.29) is 6.04 Å². The van der Waals surface area contributed by atoms with Gasteiger partial charge in [0.1, 0.15) is 0 Å². The van der Waals surface area contributed by atoms with Gasteiger partial charge < -0.3 is 10.2 Å². The van der Waals surface area contributed by atoms with Crippen LogP contribution in [-0.2, 0) is 9.84 Å². The molecule has 0 aromatic heterocycles. The van der Waals surface area contributed by atoms with Gasteiger partial charge in [-0.05, 0) is 20.0 Å². The lowest BCUT2D eigenvalue weighted by Gasteiger charge is -2.29. The monoisotopic (exact) mass is 204 g/mol. The van der Waals surface area contributed by atoms with Crippen molar-refractivity contribution < 1.29 is 8.42 Å². The van der Waals surface area contributed by atoms with Gasteiger partial charge in [-0.15, -0.1) is 0 Å². The molecule has 13 heavy (non-hydrogen) atoms. The quantitative estimate of drug-likeness (QED) is 0.632. The van der Waals surface area contributed by atoms with Gasteiger partial charge in [-0.2, -0.15) is 0 Å². The normalized spacial score (nSPS) is 34.7. The van der Waals surface area contributed by atoms with Gasteiger partial charge in [0.05, 0.1) is 11.5 Å². The van der Waals surface area contributed by atoms with Crippen LogP contribution in [0, 0.1) is 0 Å². The summed E-state index contributed by atoms with van der Waals surface area (Å²) in [5, 5.41) is 3.38. The Labute approximate surface area is 79.2 Å². The summed E-state index contributed by atoms with van der Waals surface area (Å²) in [6.45, 7) is 2.17. The van der Waals surface area contributed by atoms with Crippen molar-refractivity contribution in [2.24, 2.45) is 0 Å². The zero-order chi connectivity index (χ0) is 9.47. The fourth-order valence-corrected chi connectivity index (χ4v) is 3.39. The Bertz CT molecular complexity index is 277. The average molecular weight is 204 g/mol. The summed E-state index contributed by atoms with van der Waals surface area (Å²) in [5.41, 5.74) is 0. The maximum absolute atomic E-state index is 10.9. The van der Waals surface area contributed by atoms with E-state index in [1.165, 1.54) is 0 Å². The summed E-state index contributed by atoms with van der Waals surface area (Å²) < 4.78 is 21.8. The molecule has 0 amide bonds. The predicted octanol–water partition coefficient (Wildman–Crippen LogP) is -0.923. The summed E-state index contributed by atoms with van der Waals surface area (Å²) >= 11 is 0. The second-order valence-corrected chi connectivity index (χ2v) is 6.34. The van der Waals surface area contributed by atoms with Gasteiger partial charge in [0, 0.05) is 18.6 Å². The van der Waals surface area contributed by atoms with Crippen molar-refractivity contribution in [1.29, 1.82) is 0 Å². The highest BCUT2D eigenvalue weighted by Gasteiger charge is 2.35. The smallest absolute Gasteiger partial charge is 0.153 e. The molecule has 2 fully saturated rings. The summed E-state index contributed by atoms with van der Waals surface area (Å²) in [6, 6.07) is 0.729. The Morgan fingerprint density at radius 1 is 1.31 bits per heavy atom. The highest BCUT2D eigenvalue weighted by molar-refractivity contribution is 7.92. The number of sulfone groups is 1. The third-order valence-corrected chi connectivity index (χ3v) is 4.59. The van der Waals surface area contributed by atoms with Gasteiger partial charge in [0.2, 0.25) is 0 Å². The summed E-state index contributed by atoms with van der Waals surface area (Å²) in [4.78, 5) is 2.27. The molecule has 2 rings (SSSR count). The lowest BCUT2D eigenvalue weighted by Crippen LogP contribution is -2.54. The minimum atomic E-state index is -2.66. The van der Waals surface area contributed by atoms with Gasteiger partial charge in [-0.3, -0.25) is 0 Å². The summed E-state index contributed by atoms with van der Waals surface area (Å²) in [6.07, 6.45) is 1.15. The molecule has 4 nitrogen and oxygen atoms in total. The molecule has 1 atom stereocenters. The third kappa shape index (κ3) is 2.21. The van der Waals surface area contributed by atoms with Crippen LogP contribution in [0.25, 0.3) is 0 Å². The van der Waals surface area contributed by atoms with Crippen LogP contribution in [0.2, 0.25) is 0 Å². The molecular weight excluding hydrogens is 188 g/mol. The molecule has 5 heteroatoms. The van der Waals surface area contributed by atoms with Crippen LogP contribution >= 0.6 is 0 Å². The predicted molar refractivity (Wildman–Crippen MR) is 51.5 cm³/mol. The number of likely N-dealkylation sites (tertiary alicyclic amines) is 1. The molecule has 2 saturated heterocycles. The van der Waals surface area contributed by atoms with Crippen molar-refractivity contribution in [2.45, 2.75) is 18.5 Å². The Morgan fingerprint density at radius 3 is 2.46 bits per heavy atom. The fourth-order valence-electron chi connectivity index (χ4n) is 2.06. The van der Waals surface area contributed by atoms with Crippen LogP contribution in [0.4, 0.5) is 0 Å². The van der Waals surface area contributed by atoms with Crippen molar-refractivity contribution in [3.8, 4) is 0 Å². The molecule has 2 aliphatic rings. The molecule has 0 aromatic rings. The second-order valence-electron chi connectivity index (χ2n) is 4.19. The van der Waals surface area contributed by atoms with E-state index < -0.39 is 9.84 Å². The van der Waals surface area contributed by atoms with Gasteiger partial charge in [-0.25, -0.2) is 8.42 Å². The van der Waals surface area contributed by atoms with Gasteiger partial charge in [-0.1, -0.05) is 0 Å². The van der Waals surface area contributed by atoms with E-state index in [4.69, 9.17) is 0 Å². The molecule has 0 aliphatic carbocycles. The maximum Gasteiger partial charge on any atom is 0.153 e. The Balaban J connectivity index is 1.75. The summed E-state index contributed by atoms with van der Waals surface area (Å²) in [7, 11) is -0.566. The Kier molecular flexibility index (Phi) is 2.33. The summed E-state index contributed by atoms with van der Waals surface area (Å²) in [5.74, 6) is 0.681. The molecule has 0 bridgehead atoms. The van der Waals surface area contributed by atoms with E-state index in [1.54, 1.807) is 0 Å². The van der Waals surface area contributed by atoms with E-state index >= 15 is 0 Å². The molecule has 0 radical (unpaired) electrons. The third-order valence-electron chi connectivity index (χ3n) is 2.77. The number of nitrogens with one attached hydrogen (secondary N) is 1. The molecule has 1 N–H and O–H groups in total. The lowest BCUT2D eigenvalue weighted by atomic mass is 10.2. The van der Waals surface area contributed by atoms with Crippen LogP contribution in [0.3, 0.4) is 0 Å². The van der Waals surface area contributed by atoms with E-state index in [9.17, 15) is 8.42 Å². The SMILES string of the molecule is CN1CCC(NC2CS(=O)(=O)C2)C1. The first-order valence-corrected chi connectivity index (χ1v) is 6.52. The number of hydrogen-bond acceptors (Lipinski definition) is 4. The number of hydrogen-bond donors (Lipinski definition) is 1. The molecule has 0 saturated carbocycles. The standard InChI is InChI=1S/C8H16N2O2S/c1-10-3-2-7(4-10)9-8-5-13(11,12)6-8/h7-9H,2-6H2,1H3. The molecule has 2 heterocycles. The first kappa shape index (κ1) is 9.43. The zero-order valence-corrected chi connectivity index (χ0v) is 8.68. The molecule has 2 aliphatic heterocycles. The second kappa shape index (κ2) is 3.22. The van der Waals surface area contributed by atoms with E-state index in [1.807, 2.05) is 0 Å². The van der Waals surface area contributed by atoms with E-state index in [0.29, 0.717) is 17.5 Å². The molecular formula is C8H16N2O2S. The van der Waals surface area contributed by atoms with Crippen LogP contribution in [0.15, 0.2) is 0 Å².